The number of rotatable bonds is 5. The minimum atomic E-state index is -0.889. The first-order chi connectivity index (χ1) is 13.8. The van der Waals surface area contributed by atoms with Gasteiger partial charge in [-0.1, -0.05) is 12.2 Å². The molecular weight excluding hydrogens is 374 g/mol. The molecule has 2 N–H and O–H groups in total. The van der Waals surface area contributed by atoms with Gasteiger partial charge in [-0.25, -0.2) is 0 Å². The molecule has 0 saturated carbocycles. The van der Waals surface area contributed by atoms with Crippen molar-refractivity contribution in [1.29, 1.82) is 0 Å². The summed E-state index contributed by atoms with van der Waals surface area (Å²) < 4.78 is 37.1. The number of hydrogen-bond acceptors (Lipinski definition) is 7. The molecule has 7 nitrogen and oxygen atoms in total. The lowest BCUT2D eigenvalue weighted by Crippen LogP contribution is -2.68. The summed E-state index contributed by atoms with van der Waals surface area (Å²) in [5, 5.41) is 0. The molecule has 29 heavy (non-hydrogen) atoms. The van der Waals surface area contributed by atoms with E-state index in [-0.39, 0.29) is 42.7 Å². The minimum absolute atomic E-state index is 0.00167. The van der Waals surface area contributed by atoms with Crippen molar-refractivity contribution in [1.82, 2.24) is 0 Å². The predicted octanol–water partition coefficient (Wildman–Crippen LogP) is 2.43. The molecule has 0 aromatic heterocycles. The Hall–Kier alpha value is -0.800. The maximum Gasteiger partial charge on any atom is 0.163 e. The summed E-state index contributed by atoms with van der Waals surface area (Å²) in [4.78, 5) is 0. The van der Waals surface area contributed by atoms with E-state index in [0.717, 1.165) is 12.8 Å². The van der Waals surface area contributed by atoms with Crippen molar-refractivity contribution in [3.8, 4) is 0 Å². The summed E-state index contributed by atoms with van der Waals surface area (Å²) in [6, 6.07) is 0. The second kappa shape index (κ2) is 8.38. The third-order valence-corrected chi connectivity index (χ3v) is 6.41. The summed E-state index contributed by atoms with van der Waals surface area (Å²) in [5.41, 5.74) is 5.85. The Kier molecular flexibility index (Phi) is 6.19. The monoisotopic (exact) mass is 409 g/mol. The second-order valence-corrected chi connectivity index (χ2v) is 9.06. The number of ether oxygens (including phenoxy) is 6. The zero-order chi connectivity index (χ0) is 20.6. The molecule has 0 aromatic carbocycles. The van der Waals surface area contributed by atoms with Crippen LogP contribution in [-0.2, 0) is 28.4 Å². The van der Waals surface area contributed by atoms with Gasteiger partial charge < -0.3 is 34.2 Å². The van der Waals surface area contributed by atoms with Crippen LogP contribution in [0.4, 0.5) is 0 Å². The van der Waals surface area contributed by atoms with Gasteiger partial charge in [-0.15, -0.1) is 13.2 Å². The summed E-state index contributed by atoms with van der Waals surface area (Å²) in [6.07, 6.45) is 6.47. The van der Waals surface area contributed by atoms with Gasteiger partial charge in [0.15, 0.2) is 5.79 Å². The van der Waals surface area contributed by atoms with E-state index in [4.69, 9.17) is 34.2 Å². The van der Waals surface area contributed by atoms with Crippen LogP contribution in [-0.4, -0.2) is 67.5 Å². The molecule has 164 valence electrons. The maximum atomic E-state index is 6.74. The molecule has 0 aliphatic carbocycles. The van der Waals surface area contributed by atoms with E-state index in [1.807, 2.05) is 19.9 Å². The van der Waals surface area contributed by atoms with Crippen LogP contribution in [0.1, 0.15) is 46.0 Å². The lowest BCUT2D eigenvalue weighted by Gasteiger charge is -2.53. The zero-order valence-electron chi connectivity index (χ0n) is 17.6. The molecule has 4 aliphatic heterocycles. The second-order valence-electron chi connectivity index (χ2n) is 9.06. The van der Waals surface area contributed by atoms with Crippen molar-refractivity contribution in [3.63, 3.8) is 0 Å². The first-order valence-corrected chi connectivity index (χ1v) is 10.8. The van der Waals surface area contributed by atoms with Crippen LogP contribution in [0.5, 0.6) is 0 Å². The molecule has 0 spiro atoms. The van der Waals surface area contributed by atoms with Crippen LogP contribution in [0.3, 0.4) is 0 Å². The van der Waals surface area contributed by atoms with Gasteiger partial charge in [0.1, 0.15) is 17.9 Å². The van der Waals surface area contributed by atoms with Crippen LogP contribution in [0.2, 0.25) is 0 Å². The highest BCUT2D eigenvalue weighted by Gasteiger charge is 2.55. The summed E-state index contributed by atoms with van der Waals surface area (Å²) in [7, 11) is 0. The van der Waals surface area contributed by atoms with E-state index in [1.165, 1.54) is 0 Å². The highest BCUT2D eigenvalue weighted by Crippen LogP contribution is 2.43. The number of nitrogens with two attached hydrogens (primary N) is 1. The van der Waals surface area contributed by atoms with Gasteiger partial charge >= 0.3 is 0 Å². The van der Waals surface area contributed by atoms with Crippen molar-refractivity contribution < 1.29 is 28.4 Å². The Bertz CT molecular complexity index is 612. The van der Waals surface area contributed by atoms with Crippen molar-refractivity contribution in [3.05, 3.63) is 25.3 Å². The molecule has 0 aromatic rings. The fourth-order valence-corrected chi connectivity index (χ4v) is 5.00. The van der Waals surface area contributed by atoms with Gasteiger partial charge in [0.25, 0.3) is 0 Å². The normalized spacial score (nSPS) is 46.5. The lowest BCUT2D eigenvalue weighted by molar-refractivity contribution is -0.327. The topological polar surface area (TPSA) is 81.4 Å². The summed E-state index contributed by atoms with van der Waals surface area (Å²) >= 11 is 0. The molecule has 8 unspecified atom stereocenters. The highest BCUT2D eigenvalue weighted by molar-refractivity contribution is 5.03. The van der Waals surface area contributed by atoms with Gasteiger partial charge in [0.05, 0.1) is 43.7 Å². The SMILES string of the molecule is C=CCOC1CC2(N)OC3CCC4OC(C)(C)OCC4OC3CC2OC1CC=C. The molecule has 4 aliphatic rings. The van der Waals surface area contributed by atoms with Crippen molar-refractivity contribution >= 4 is 0 Å². The molecule has 0 bridgehead atoms. The Balaban J connectivity index is 1.48. The molecular formula is C22H35NO6. The van der Waals surface area contributed by atoms with Gasteiger partial charge in [0, 0.05) is 12.8 Å². The van der Waals surface area contributed by atoms with Crippen molar-refractivity contribution in [2.75, 3.05) is 13.2 Å². The Morgan fingerprint density at radius 3 is 2.52 bits per heavy atom. The van der Waals surface area contributed by atoms with Crippen molar-refractivity contribution in [2.45, 2.75) is 100 Å². The number of hydrogen-bond donors (Lipinski definition) is 1. The standard InChI is InChI=1S/C22H35NO6/c1-5-7-14-18(24-10-6-2)12-22(23)20(27-14)11-17-15(29-22)8-9-16-19(26-17)13-25-21(3,4)28-16/h5-6,14-20H,1-2,7-13,23H2,3-4H3. The van der Waals surface area contributed by atoms with E-state index in [2.05, 4.69) is 13.2 Å². The average molecular weight is 410 g/mol. The first kappa shape index (κ1) is 21.4. The molecule has 4 saturated heterocycles. The lowest BCUT2D eigenvalue weighted by atomic mass is 9.84. The quantitative estimate of drug-likeness (QED) is 0.699. The predicted molar refractivity (Wildman–Crippen MR) is 107 cm³/mol. The molecule has 8 atom stereocenters. The first-order valence-electron chi connectivity index (χ1n) is 10.8. The van der Waals surface area contributed by atoms with Crippen LogP contribution >= 0.6 is 0 Å². The molecule has 4 fully saturated rings. The van der Waals surface area contributed by atoms with Gasteiger partial charge in [-0.3, -0.25) is 0 Å². The van der Waals surface area contributed by atoms with Gasteiger partial charge in [0.2, 0.25) is 0 Å². The van der Waals surface area contributed by atoms with E-state index in [0.29, 0.717) is 32.5 Å². The van der Waals surface area contributed by atoms with Gasteiger partial charge in [-0.05, 0) is 33.1 Å². The van der Waals surface area contributed by atoms with Crippen molar-refractivity contribution in [2.24, 2.45) is 5.73 Å². The summed E-state index contributed by atoms with van der Waals surface area (Å²) in [6.45, 7) is 12.5. The third-order valence-electron chi connectivity index (χ3n) is 6.41. The largest absolute Gasteiger partial charge is 0.371 e. The maximum absolute atomic E-state index is 6.74. The van der Waals surface area contributed by atoms with Crippen LogP contribution in [0.25, 0.3) is 0 Å². The van der Waals surface area contributed by atoms with Crippen LogP contribution in [0, 0.1) is 0 Å². The molecule has 0 radical (unpaired) electrons. The molecule has 4 heterocycles. The fraction of sp³-hybridized carbons (Fsp3) is 0.818. The summed E-state index contributed by atoms with van der Waals surface area (Å²) in [5.74, 6) is -0.583. The Morgan fingerprint density at radius 1 is 1.03 bits per heavy atom. The highest BCUT2D eigenvalue weighted by atomic mass is 16.7. The fourth-order valence-electron chi connectivity index (χ4n) is 5.00. The third kappa shape index (κ3) is 4.46. The Morgan fingerprint density at radius 2 is 1.79 bits per heavy atom. The van der Waals surface area contributed by atoms with Crippen LogP contribution in [0.15, 0.2) is 25.3 Å². The number of fused-ring (bicyclic) bond motifs is 3. The zero-order valence-corrected chi connectivity index (χ0v) is 17.6. The van der Waals surface area contributed by atoms with E-state index >= 15 is 0 Å². The van der Waals surface area contributed by atoms with E-state index in [9.17, 15) is 0 Å². The van der Waals surface area contributed by atoms with E-state index < -0.39 is 11.5 Å². The van der Waals surface area contributed by atoms with Crippen LogP contribution < -0.4 is 5.73 Å². The molecule has 0 amide bonds. The minimum Gasteiger partial charge on any atom is -0.371 e. The molecule has 4 rings (SSSR count). The smallest absolute Gasteiger partial charge is 0.163 e. The van der Waals surface area contributed by atoms with Gasteiger partial charge in [-0.2, -0.15) is 0 Å². The van der Waals surface area contributed by atoms with E-state index in [1.54, 1.807) is 6.08 Å². The average Bonchev–Trinajstić information content (AvgIpc) is 2.82. The Labute approximate surface area is 173 Å². The molecule has 7 heteroatoms.